The van der Waals surface area contributed by atoms with E-state index in [4.69, 9.17) is 49.7 Å². The van der Waals surface area contributed by atoms with E-state index in [0.29, 0.717) is 114 Å². The Morgan fingerprint density at radius 3 is 2.01 bits per heavy atom. The zero-order valence-electron chi connectivity index (χ0n) is 37.6. The Balaban J connectivity index is 0.690. The molecule has 1 unspecified atom stereocenters. The molecule has 7 rings (SSSR count). The fourth-order valence-corrected chi connectivity index (χ4v) is 7.98. The predicted octanol–water partition coefficient (Wildman–Crippen LogP) is 3.39. The molecule has 6 amide bonds. The second-order valence-electron chi connectivity index (χ2n) is 15.9. The van der Waals surface area contributed by atoms with E-state index in [1.165, 1.54) is 0 Å². The largest absolute Gasteiger partial charge is 0.457 e. The first-order valence-electron chi connectivity index (χ1n) is 22.5. The van der Waals surface area contributed by atoms with E-state index in [-0.39, 0.29) is 61.2 Å². The monoisotopic (exact) mass is 940 g/mol. The van der Waals surface area contributed by atoms with Gasteiger partial charge in [0.05, 0.1) is 83.2 Å². The van der Waals surface area contributed by atoms with Crippen molar-refractivity contribution in [2.45, 2.75) is 37.8 Å². The predicted molar refractivity (Wildman–Crippen MR) is 244 cm³/mol. The number of amides is 6. The molecule has 0 radical (unpaired) electrons. The number of para-hydroxylation sites is 1. The van der Waals surface area contributed by atoms with Crippen molar-refractivity contribution in [1.29, 1.82) is 0 Å². The van der Waals surface area contributed by atoms with Gasteiger partial charge in [0.1, 0.15) is 41.2 Å². The Morgan fingerprint density at radius 1 is 0.735 bits per heavy atom. The molecule has 3 aliphatic rings. The lowest BCUT2D eigenvalue weighted by Gasteiger charge is -2.32. The van der Waals surface area contributed by atoms with Crippen molar-refractivity contribution in [2.24, 2.45) is 5.73 Å². The maximum atomic E-state index is 13.2. The van der Waals surface area contributed by atoms with Gasteiger partial charge in [0.2, 0.25) is 11.8 Å². The molecule has 4 aromatic rings. The fraction of sp³-hybridized carbons (Fsp3) is 0.426. The van der Waals surface area contributed by atoms with Gasteiger partial charge in [-0.15, -0.1) is 0 Å². The molecular weight excluding hydrogens is 885 g/mol. The quantitative estimate of drug-likeness (QED) is 0.0548. The van der Waals surface area contributed by atoms with Crippen LogP contribution in [0.4, 0.5) is 16.3 Å². The summed E-state index contributed by atoms with van der Waals surface area (Å²) in [6, 6.07) is 20.0. The number of aromatic nitrogens is 2. The van der Waals surface area contributed by atoms with Gasteiger partial charge in [-0.2, -0.15) is 5.10 Å². The summed E-state index contributed by atoms with van der Waals surface area (Å²) in [6.45, 7) is 4.51. The summed E-state index contributed by atoms with van der Waals surface area (Å²) in [7, 11) is 0. The average Bonchev–Trinajstić information content (AvgIpc) is 3.82. The summed E-state index contributed by atoms with van der Waals surface area (Å²) < 4.78 is 40.7. The zero-order valence-corrected chi connectivity index (χ0v) is 37.6. The van der Waals surface area contributed by atoms with Crippen molar-refractivity contribution in [3.05, 3.63) is 89.5 Å². The topological polar surface area (TPSA) is 267 Å². The second-order valence-corrected chi connectivity index (χ2v) is 15.9. The van der Waals surface area contributed by atoms with Crippen LogP contribution >= 0.6 is 0 Å². The first-order valence-corrected chi connectivity index (χ1v) is 22.5. The number of nitrogens with one attached hydrogen (secondary N) is 2. The highest BCUT2D eigenvalue weighted by molar-refractivity contribution is 6.25. The van der Waals surface area contributed by atoms with Crippen molar-refractivity contribution in [1.82, 2.24) is 24.9 Å². The first kappa shape index (κ1) is 49.0. The molecule has 68 heavy (non-hydrogen) atoms. The second kappa shape index (κ2) is 24.2. The number of primary amides is 1. The third kappa shape index (κ3) is 12.5. The van der Waals surface area contributed by atoms with Crippen molar-refractivity contribution in [2.75, 3.05) is 103 Å². The maximum absolute atomic E-state index is 13.2. The van der Waals surface area contributed by atoms with Gasteiger partial charge >= 0.3 is 6.09 Å². The van der Waals surface area contributed by atoms with Crippen LogP contribution in [0.25, 0.3) is 11.3 Å². The minimum absolute atomic E-state index is 0.0506. The van der Waals surface area contributed by atoms with Gasteiger partial charge in [-0.05, 0) is 67.8 Å². The number of carbonyl (C=O) groups is 6. The number of anilines is 2. The fourth-order valence-electron chi connectivity index (χ4n) is 7.98. The first-order chi connectivity index (χ1) is 33.1. The highest BCUT2D eigenvalue weighted by atomic mass is 16.6. The summed E-state index contributed by atoms with van der Waals surface area (Å²) >= 11 is 0. The summed E-state index contributed by atoms with van der Waals surface area (Å²) in [6.07, 6.45) is 1.02. The summed E-state index contributed by atoms with van der Waals surface area (Å²) in [5.41, 5.74) is 14.2. The van der Waals surface area contributed by atoms with E-state index in [1.807, 2.05) is 30.3 Å². The summed E-state index contributed by atoms with van der Waals surface area (Å²) in [5.74, 6) is -1.49. The SMILES string of the molecule is NC(=O)c1c(-c2ccc(Oc3ccccc3)cc2)nn([C@@H]2CCCN(C(=O)OCCOCCOCCOCCOCCOCCNc3cccc4c3C(=O)N(C3CCC(=O)NC3=O)C4=O)C2)c1N. The van der Waals surface area contributed by atoms with Gasteiger partial charge in [-0.3, -0.25) is 34.2 Å². The molecule has 362 valence electrons. The molecular formula is C47H56N8O13. The van der Waals surface area contributed by atoms with Crippen LogP contribution in [0, 0.1) is 0 Å². The normalized spacial score (nSPS) is 17.0. The van der Waals surface area contributed by atoms with E-state index in [2.05, 4.69) is 10.6 Å². The highest BCUT2D eigenvalue weighted by Crippen LogP contribution is 2.35. The Morgan fingerprint density at radius 2 is 1.37 bits per heavy atom. The number of fused-ring (bicyclic) bond motifs is 1. The molecule has 6 N–H and O–H groups in total. The number of rotatable bonds is 25. The van der Waals surface area contributed by atoms with Gasteiger partial charge in [-0.1, -0.05) is 24.3 Å². The van der Waals surface area contributed by atoms with E-state index in [9.17, 15) is 28.8 Å². The lowest BCUT2D eigenvalue weighted by Crippen LogP contribution is -2.54. The Labute approximate surface area is 392 Å². The van der Waals surface area contributed by atoms with Gasteiger partial charge in [0.15, 0.2) is 0 Å². The molecule has 4 heterocycles. The summed E-state index contributed by atoms with van der Waals surface area (Å²) in [4.78, 5) is 78.2. The van der Waals surface area contributed by atoms with Crippen molar-refractivity contribution >= 4 is 47.1 Å². The van der Waals surface area contributed by atoms with Crippen molar-refractivity contribution in [3.8, 4) is 22.8 Å². The van der Waals surface area contributed by atoms with Crippen LogP contribution in [0.1, 0.15) is 62.8 Å². The molecule has 3 aromatic carbocycles. The van der Waals surface area contributed by atoms with Crippen LogP contribution in [0.3, 0.4) is 0 Å². The molecule has 0 aliphatic carbocycles. The van der Waals surface area contributed by atoms with Gasteiger partial charge in [0, 0.05) is 37.3 Å². The molecule has 21 nitrogen and oxygen atoms in total. The smallest absolute Gasteiger partial charge is 0.409 e. The Hall–Kier alpha value is -6.91. The number of nitrogens with zero attached hydrogens (tertiary/aromatic N) is 4. The van der Waals surface area contributed by atoms with Crippen molar-refractivity contribution < 1.29 is 61.9 Å². The number of hydrogen-bond donors (Lipinski definition) is 4. The van der Waals surface area contributed by atoms with Crippen LogP contribution in [0.2, 0.25) is 0 Å². The van der Waals surface area contributed by atoms with E-state index >= 15 is 0 Å². The highest BCUT2D eigenvalue weighted by Gasteiger charge is 2.45. The molecule has 0 spiro atoms. The number of imide groups is 2. The molecule has 2 saturated heterocycles. The van der Waals surface area contributed by atoms with E-state index in [1.54, 1.807) is 52.0 Å². The Kier molecular flexibility index (Phi) is 17.4. The molecule has 0 bridgehead atoms. The van der Waals surface area contributed by atoms with E-state index in [0.717, 1.165) is 4.90 Å². The Bertz CT molecular complexity index is 2400. The third-order valence-corrected chi connectivity index (χ3v) is 11.3. The number of likely N-dealkylation sites (tertiary alicyclic amines) is 1. The standard InChI is InChI=1S/C47H56N8O13/c48-42-40(43(49)57)41(31-11-13-34(14-12-31)68-33-7-2-1-3-8-33)52-55(42)32-6-5-18-53(30-32)47(61)67-29-28-66-27-26-65-25-24-64-23-22-63-21-20-62-19-17-50-36-10-4-9-35-39(36)46(60)54(45(35)59)37-15-16-38(56)51-44(37)58/h1-4,7-14,32,37,50H,5-6,15-30,48H2,(H2,49,57)(H,51,56,58)/t32-,37?/m1/s1. The van der Waals surface area contributed by atoms with Gasteiger partial charge < -0.3 is 54.8 Å². The summed E-state index contributed by atoms with van der Waals surface area (Å²) in [5, 5.41) is 10.0. The lowest BCUT2D eigenvalue weighted by molar-refractivity contribution is -0.136. The number of nitrogens with two attached hydrogens (primary N) is 2. The van der Waals surface area contributed by atoms with E-state index < -0.39 is 41.7 Å². The molecule has 3 aliphatic heterocycles. The number of hydrogen-bond acceptors (Lipinski definition) is 16. The minimum atomic E-state index is -1.03. The average molecular weight is 941 g/mol. The van der Waals surface area contributed by atoms with Gasteiger partial charge in [0.25, 0.3) is 17.7 Å². The van der Waals surface area contributed by atoms with Crippen LogP contribution in [-0.4, -0.2) is 154 Å². The van der Waals surface area contributed by atoms with Crippen molar-refractivity contribution in [3.63, 3.8) is 0 Å². The number of benzene rings is 3. The van der Waals surface area contributed by atoms with Crippen LogP contribution in [0.5, 0.6) is 11.5 Å². The molecule has 21 heteroatoms. The minimum Gasteiger partial charge on any atom is -0.457 e. The number of piperidine rings is 2. The zero-order chi connectivity index (χ0) is 47.8. The lowest BCUT2D eigenvalue weighted by atomic mass is 10.0. The molecule has 2 atom stereocenters. The van der Waals surface area contributed by atoms with Crippen LogP contribution in [0.15, 0.2) is 72.8 Å². The molecule has 1 aromatic heterocycles. The number of carbonyl (C=O) groups excluding carboxylic acids is 6. The molecule has 2 fully saturated rings. The van der Waals surface area contributed by atoms with Gasteiger partial charge in [-0.25, -0.2) is 9.48 Å². The molecule has 0 saturated carbocycles. The third-order valence-electron chi connectivity index (χ3n) is 11.3. The number of nitrogen functional groups attached to an aromatic ring is 1. The van der Waals surface area contributed by atoms with Crippen LogP contribution in [-0.2, 0) is 38.0 Å². The number of ether oxygens (including phenoxy) is 7. The maximum Gasteiger partial charge on any atom is 0.409 e. The van der Waals surface area contributed by atoms with Crippen LogP contribution < -0.4 is 26.8 Å².